The van der Waals surface area contributed by atoms with Crippen LogP contribution in [0.25, 0.3) is 0 Å². The summed E-state index contributed by atoms with van der Waals surface area (Å²) in [5.41, 5.74) is 0.888. The van der Waals surface area contributed by atoms with Crippen LogP contribution < -0.4 is 9.64 Å². The first kappa shape index (κ1) is 29.1. The van der Waals surface area contributed by atoms with Crippen molar-refractivity contribution in [3.63, 3.8) is 0 Å². The van der Waals surface area contributed by atoms with Gasteiger partial charge >= 0.3 is 6.09 Å². The average Bonchev–Trinajstić information content (AvgIpc) is 3.32. The fourth-order valence-electron chi connectivity index (χ4n) is 7.03. The lowest BCUT2D eigenvalue weighted by molar-refractivity contribution is -0.138. The fourth-order valence-corrected chi connectivity index (χ4v) is 7.96. The summed E-state index contributed by atoms with van der Waals surface area (Å²) >= 11 is 14.5. The molecule has 5 amide bonds. The normalized spacial score (nSPS) is 31.4. The van der Waals surface area contributed by atoms with Gasteiger partial charge in [0.1, 0.15) is 5.82 Å². The van der Waals surface area contributed by atoms with Crippen LogP contribution in [0.5, 0.6) is 11.5 Å². The molecular weight excluding hydrogens is 606 g/mol. The Morgan fingerprint density at radius 1 is 1.05 bits per heavy atom. The second kappa shape index (κ2) is 10.1. The summed E-state index contributed by atoms with van der Waals surface area (Å²) in [4.78, 5) is 64.7. The molecule has 2 aromatic rings. The van der Waals surface area contributed by atoms with Gasteiger partial charge in [0, 0.05) is 5.92 Å². The third kappa shape index (κ3) is 3.87. The molecular formula is C30H25Cl2FN2O8. The van der Waals surface area contributed by atoms with E-state index in [0.717, 1.165) is 24.1 Å². The van der Waals surface area contributed by atoms with Gasteiger partial charge < -0.3 is 14.6 Å². The molecule has 0 spiro atoms. The monoisotopic (exact) mass is 630 g/mol. The van der Waals surface area contributed by atoms with E-state index in [0.29, 0.717) is 16.0 Å². The van der Waals surface area contributed by atoms with E-state index in [4.69, 9.17) is 27.9 Å². The average molecular weight is 631 g/mol. The number of phenols is 1. The number of methoxy groups -OCH3 is 1. The van der Waals surface area contributed by atoms with Crippen LogP contribution in [0.15, 0.2) is 54.1 Å². The van der Waals surface area contributed by atoms with Gasteiger partial charge in [-0.3, -0.25) is 19.2 Å². The number of likely N-dealkylation sites (tertiary alicyclic amines) is 1. The summed E-state index contributed by atoms with van der Waals surface area (Å²) in [6.45, 7) is 1.92. The second-order valence-corrected chi connectivity index (χ2v) is 12.1. The molecule has 0 aromatic heterocycles. The molecule has 0 bridgehead atoms. The number of hydrogen-bond acceptors (Lipinski definition) is 8. The van der Waals surface area contributed by atoms with Crippen LogP contribution in [-0.2, 0) is 23.9 Å². The summed E-state index contributed by atoms with van der Waals surface area (Å²) in [5, 5.41) is 10.4. The molecule has 10 nitrogen and oxygen atoms in total. The molecule has 43 heavy (non-hydrogen) atoms. The third-order valence-electron chi connectivity index (χ3n) is 8.87. The van der Waals surface area contributed by atoms with Gasteiger partial charge in [-0.15, -0.1) is 23.2 Å². The predicted octanol–water partition coefficient (Wildman–Crippen LogP) is 4.26. The van der Waals surface area contributed by atoms with Crippen molar-refractivity contribution in [3.8, 4) is 11.5 Å². The van der Waals surface area contributed by atoms with Crippen molar-refractivity contribution in [1.82, 2.24) is 4.90 Å². The third-order valence-corrected chi connectivity index (χ3v) is 10.3. The van der Waals surface area contributed by atoms with Crippen molar-refractivity contribution in [2.75, 3.05) is 18.6 Å². The minimum Gasteiger partial charge on any atom is -0.504 e. The molecule has 2 aromatic carbocycles. The van der Waals surface area contributed by atoms with Gasteiger partial charge in [0.2, 0.25) is 11.8 Å². The van der Waals surface area contributed by atoms with Gasteiger partial charge in [0.25, 0.3) is 11.8 Å². The molecule has 2 saturated heterocycles. The fraction of sp³-hybridized carbons (Fsp3) is 0.367. The molecule has 0 radical (unpaired) electrons. The predicted molar refractivity (Wildman–Crippen MR) is 150 cm³/mol. The molecule has 224 valence electrons. The number of phenolic OH excluding ortho intramolecular Hbond substituents is 1. The van der Waals surface area contributed by atoms with Crippen LogP contribution >= 0.6 is 23.2 Å². The van der Waals surface area contributed by atoms with E-state index in [-0.39, 0.29) is 36.6 Å². The Bertz CT molecular complexity index is 1630. The zero-order chi connectivity index (χ0) is 31.0. The number of allylic oxidation sites excluding steroid dienone is 2. The van der Waals surface area contributed by atoms with E-state index in [1.165, 1.54) is 30.3 Å². The molecule has 6 rings (SSSR count). The van der Waals surface area contributed by atoms with Crippen molar-refractivity contribution >= 4 is 58.6 Å². The van der Waals surface area contributed by atoms with Crippen LogP contribution in [0.4, 0.5) is 14.9 Å². The molecule has 3 fully saturated rings. The summed E-state index contributed by atoms with van der Waals surface area (Å²) in [6.07, 6.45) is 0.316. The summed E-state index contributed by atoms with van der Waals surface area (Å²) in [6, 6.07) is 9.03. The maximum absolute atomic E-state index is 14.3. The van der Waals surface area contributed by atoms with Crippen LogP contribution in [0.1, 0.15) is 31.2 Å². The zero-order valence-electron chi connectivity index (χ0n) is 22.9. The van der Waals surface area contributed by atoms with Crippen LogP contribution in [0.3, 0.4) is 0 Å². The molecule has 1 N–H and O–H groups in total. The van der Waals surface area contributed by atoms with Gasteiger partial charge in [-0.05, 0) is 67.6 Å². The van der Waals surface area contributed by atoms with Crippen LogP contribution in [0.2, 0.25) is 0 Å². The Labute approximate surface area is 254 Å². The molecule has 1 saturated carbocycles. The first-order chi connectivity index (χ1) is 20.4. The topological polar surface area (TPSA) is 131 Å². The number of halogens is 3. The number of alkyl halides is 2. The number of aromatic hydroxyl groups is 1. The van der Waals surface area contributed by atoms with Crippen LogP contribution in [0, 0.1) is 23.6 Å². The number of imide groups is 4. The van der Waals surface area contributed by atoms with E-state index >= 15 is 0 Å². The Morgan fingerprint density at radius 3 is 2.40 bits per heavy atom. The Morgan fingerprint density at radius 2 is 1.74 bits per heavy atom. The van der Waals surface area contributed by atoms with Crippen molar-refractivity contribution in [3.05, 3.63) is 65.5 Å². The van der Waals surface area contributed by atoms with Crippen LogP contribution in [-0.4, -0.2) is 63.2 Å². The number of anilines is 1. The SMILES string of the molecule is CCOc1cc(C2C3=CCC4C(=O)N(C(=O)OC)C(=O)C4C3CC3(Cl)C(=O)N(c4ccc(F)cc4)C(=O)C23Cl)ccc1O. The number of carbonyl (C=O) groups excluding carboxylic acids is 5. The highest BCUT2D eigenvalue weighted by molar-refractivity contribution is 6.58. The highest BCUT2D eigenvalue weighted by Gasteiger charge is 2.76. The minimum absolute atomic E-state index is 0.0455. The number of amides is 5. The van der Waals surface area contributed by atoms with E-state index in [2.05, 4.69) is 4.74 Å². The number of carbonyl (C=O) groups is 5. The number of fused-ring (bicyclic) bond motifs is 4. The highest BCUT2D eigenvalue weighted by atomic mass is 35.5. The largest absolute Gasteiger partial charge is 0.504 e. The maximum atomic E-state index is 14.3. The first-order valence-electron chi connectivity index (χ1n) is 13.5. The summed E-state index contributed by atoms with van der Waals surface area (Å²) < 4.78 is 24.0. The molecule has 13 heteroatoms. The zero-order valence-corrected chi connectivity index (χ0v) is 24.4. The Balaban J connectivity index is 1.56. The Kier molecular flexibility index (Phi) is 6.81. The van der Waals surface area contributed by atoms with Gasteiger partial charge in [-0.1, -0.05) is 17.7 Å². The lowest BCUT2D eigenvalue weighted by Crippen LogP contribution is -2.60. The molecule has 2 aliphatic carbocycles. The molecule has 6 atom stereocenters. The lowest BCUT2D eigenvalue weighted by Gasteiger charge is -2.50. The van der Waals surface area contributed by atoms with Gasteiger partial charge in [-0.25, -0.2) is 14.1 Å². The molecule has 2 aliphatic heterocycles. The number of nitrogens with zero attached hydrogens (tertiary/aromatic N) is 2. The molecule has 2 heterocycles. The number of ether oxygens (including phenoxy) is 2. The van der Waals surface area contributed by atoms with Crippen molar-refractivity contribution in [2.24, 2.45) is 17.8 Å². The lowest BCUT2D eigenvalue weighted by atomic mass is 9.56. The van der Waals surface area contributed by atoms with Crippen molar-refractivity contribution in [1.29, 1.82) is 0 Å². The second-order valence-electron chi connectivity index (χ2n) is 10.9. The standard InChI is InChI=1S/C30H25Cl2FN2O8/c1-3-43-21-12-14(4-11-20(21)36)23-17-9-10-18-22(25(38)35(24(18)37)28(41)42-2)19(17)13-29(31)26(39)34(27(40)30(23,29)32)16-7-5-15(33)6-8-16/h4-9,11-12,18-19,22-23,36H,3,10,13H2,1-2H3. The van der Waals surface area contributed by atoms with E-state index in [9.17, 15) is 33.5 Å². The molecule has 6 unspecified atom stereocenters. The number of hydrogen-bond donors (Lipinski definition) is 1. The summed E-state index contributed by atoms with van der Waals surface area (Å²) in [5.74, 6) is -7.97. The van der Waals surface area contributed by atoms with Crippen molar-refractivity contribution < 1.29 is 42.9 Å². The van der Waals surface area contributed by atoms with Gasteiger partial charge in [0.05, 0.1) is 31.2 Å². The van der Waals surface area contributed by atoms with E-state index < -0.39 is 69.0 Å². The highest BCUT2D eigenvalue weighted by Crippen LogP contribution is 2.66. The first-order valence-corrected chi connectivity index (χ1v) is 14.3. The van der Waals surface area contributed by atoms with E-state index in [1.807, 2.05) is 0 Å². The van der Waals surface area contributed by atoms with Gasteiger partial charge in [-0.2, -0.15) is 4.90 Å². The quantitative estimate of drug-likeness (QED) is 0.301. The smallest absolute Gasteiger partial charge is 0.423 e. The minimum atomic E-state index is -2.15. The van der Waals surface area contributed by atoms with Gasteiger partial charge in [0.15, 0.2) is 21.2 Å². The number of benzene rings is 2. The maximum Gasteiger partial charge on any atom is 0.423 e. The van der Waals surface area contributed by atoms with Crippen molar-refractivity contribution in [2.45, 2.75) is 35.4 Å². The molecule has 4 aliphatic rings. The Hall–Kier alpha value is -3.96. The number of rotatable bonds is 4. The summed E-state index contributed by atoms with van der Waals surface area (Å²) in [7, 11) is 1.05. The van der Waals surface area contributed by atoms with E-state index in [1.54, 1.807) is 13.0 Å².